The van der Waals surface area contributed by atoms with Crippen LogP contribution in [0.2, 0.25) is 0 Å². The van der Waals surface area contributed by atoms with E-state index in [0.717, 1.165) is 26.2 Å². The molecule has 0 rings (SSSR count). The molecule has 0 atom stereocenters. The van der Waals surface area contributed by atoms with Gasteiger partial charge in [0.15, 0.2) is 0 Å². The van der Waals surface area contributed by atoms with Crippen molar-refractivity contribution in [2.24, 2.45) is 0 Å². The Balaban J connectivity index is -0.000000219. The molecule has 0 aliphatic heterocycles. The molecule has 0 fully saturated rings. The summed E-state index contributed by atoms with van der Waals surface area (Å²) in [6, 6.07) is 0. The van der Waals surface area contributed by atoms with Crippen molar-refractivity contribution in [3.05, 3.63) is 0 Å². The number of hydrogen-bond acceptors (Lipinski definition) is 5. The van der Waals surface area contributed by atoms with Gasteiger partial charge in [-0.15, -0.1) is 0 Å². The summed E-state index contributed by atoms with van der Waals surface area (Å²) in [6.07, 6.45) is 0. The molecule has 0 aromatic heterocycles. The van der Waals surface area contributed by atoms with Crippen molar-refractivity contribution in [3.63, 3.8) is 0 Å². The molecule has 108 valence electrons. The molecule has 0 radical (unpaired) electrons. The molecule has 0 bridgehead atoms. The molecule has 8 heteroatoms. The van der Waals surface area contributed by atoms with Crippen molar-refractivity contribution in [1.29, 1.82) is 0 Å². The first-order chi connectivity index (χ1) is 8.44. The van der Waals surface area contributed by atoms with Gasteiger partial charge in [0, 0.05) is 26.2 Å². The summed E-state index contributed by atoms with van der Waals surface area (Å²) in [4.78, 5) is 3.93. The van der Waals surface area contributed by atoms with Crippen LogP contribution in [0.5, 0.6) is 0 Å². The monoisotopic (exact) mass is 410 g/mol. The van der Waals surface area contributed by atoms with Gasteiger partial charge in [0.25, 0.3) is 0 Å². The van der Waals surface area contributed by atoms with Gasteiger partial charge in [-0.05, 0) is 27.7 Å². The Morgan fingerprint density at radius 3 is 1.00 bits per heavy atom. The second kappa shape index (κ2) is 17.7. The molecule has 0 amide bonds. The first-order valence-electron chi connectivity index (χ1n) is 5.52. The Morgan fingerprint density at radius 1 is 0.833 bits per heavy atom. The van der Waals surface area contributed by atoms with Gasteiger partial charge in [-0.1, -0.05) is 8.64 Å². The van der Waals surface area contributed by atoms with Crippen LogP contribution in [0.3, 0.4) is 0 Å². The molecule has 0 spiro atoms. The van der Waals surface area contributed by atoms with E-state index in [1.807, 2.05) is 37.5 Å². The van der Waals surface area contributed by atoms with Crippen LogP contribution < -0.4 is 0 Å². The van der Waals surface area contributed by atoms with Crippen LogP contribution in [0, 0.1) is 0 Å². The molecule has 18 heavy (non-hydrogen) atoms. The van der Waals surface area contributed by atoms with Crippen LogP contribution in [0.15, 0.2) is 0 Å². The molecular formula is C10H20MoN2OS4-2. The van der Waals surface area contributed by atoms with Gasteiger partial charge in [0.05, 0.1) is 0 Å². The van der Waals surface area contributed by atoms with Gasteiger partial charge in [0.2, 0.25) is 0 Å². The van der Waals surface area contributed by atoms with Crippen molar-refractivity contribution in [2.45, 2.75) is 27.7 Å². The molecule has 0 aromatic rings. The van der Waals surface area contributed by atoms with Crippen molar-refractivity contribution in [2.75, 3.05) is 26.2 Å². The topological polar surface area (TPSA) is 23.6 Å². The van der Waals surface area contributed by atoms with E-state index in [0.29, 0.717) is 28.4 Å². The Bertz CT molecular complexity index is 202. The van der Waals surface area contributed by atoms with Crippen LogP contribution >= 0.6 is 24.4 Å². The van der Waals surface area contributed by atoms with Gasteiger partial charge in [0.1, 0.15) is 0 Å². The normalized spacial score (nSPS) is 8.00. The summed E-state index contributed by atoms with van der Waals surface area (Å²) >= 11 is 19.7. The van der Waals surface area contributed by atoms with Crippen molar-refractivity contribution in [1.82, 2.24) is 9.80 Å². The molecule has 0 aliphatic rings. The molecule has 0 heterocycles. The van der Waals surface area contributed by atoms with Gasteiger partial charge in [-0.25, -0.2) is 0 Å². The van der Waals surface area contributed by atoms with Crippen LogP contribution in [0.4, 0.5) is 0 Å². The Hall–Kier alpha value is 0.708. The van der Waals surface area contributed by atoms with E-state index < -0.39 is 0 Å². The third-order valence-corrected chi connectivity index (χ3v) is 3.08. The van der Waals surface area contributed by atoms with Gasteiger partial charge in [-0.3, -0.25) is 0 Å². The number of thiocarbonyl (C=S) groups is 2. The number of hydrogen-bond donors (Lipinski definition) is 0. The summed E-state index contributed by atoms with van der Waals surface area (Å²) in [5, 5.41) is 0. The summed E-state index contributed by atoms with van der Waals surface area (Å²) in [7, 11) is 0. The molecular weight excluding hydrogens is 388 g/mol. The average Bonchev–Trinajstić information content (AvgIpc) is 2.34. The molecule has 0 N–H and O–H groups in total. The van der Waals surface area contributed by atoms with E-state index >= 15 is 0 Å². The maximum absolute atomic E-state index is 8.26. The standard InChI is InChI=1S/2C5H11NS2.Mo.O/c2*1-3-6(4-2)5(7)8;;/h2*3-4H2,1-2H3,(H,7,8);;/p-2. The van der Waals surface area contributed by atoms with E-state index in [1.165, 1.54) is 0 Å². The molecule has 3 nitrogen and oxygen atoms in total. The average molecular weight is 408 g/mol. The SMILES string of the molecule is CCN(CC)C(=S)[S-].CCN(CC)C(=S)[S-].[O]=[Mo]. The van der Waals surface area contributed by atoms with E-state index in [2.05, 4.69) is 0 Å². The van der Waals surface area contributed by atoms with E-state index in [9.17, 15) is 0 Å². The fourth-order valence-corrected chi connectivity index (χ4v) is 2.00. The van der Waals surface area contributed by atoms with Crippen LogP contribution in [-0.4, -0.2) is 44.6 Å². The first-order valence-corrected chi connectivity index (χ1v) is 7.98. The molecule has 0 aromatic carbocycles. The van der Waals surface area contributed by atoms with Crippen molar-refractivity contribution in [3.8, 4) is 0 Å². The second-order valence-corrected chi connectivity index (χ2v) is 4.94. The summed E-state index contributed by atoms with van der Waals surface area (Å²) < 4.78 is 9.42. The Morgan fingerprint density at radius 2 is 1.00 bits per heavy atom. The minimum absolute atomic E-state index is 0.579. The van der Waals surface area contributed by atoms with Crippen LogP contribution in [0.25, 0.3) is 0 Å². The fraction of sp³-hybridized carbons (Fsp3) is 0.800. The van der Waals surface area contributed by atoms with Gasteiger partial charge >= 0.3 is 23.2 Å². The zero-order valence-corrected chi connectivity index (χ0v) is 16.4. The summed E-state index contributed by atoms with van der Waals surface area (Å²) in [5.74, 6) is 0. The second-order valence-electron chi connectivity index (χ2n) is 2.88. The summed E-state index contributed by atoms with van der Waals surface area (Å²) in [6.45, 7) is 11.9. The van der Waals surface area contributed by atoms with Crippen LogP contribution in [0.1, 0.15) is 27.7 Å². The van der Waals surface area contributed by atoms with Gasteiger partial charge in [-0.2, -0.15) is 0 Å². The predicted octanol–water partition coefficient (Wildman–Crippen LogP) is 2.20. The Labute approximate surface area is 144 Å². The van der Waals surface area contributed by atoms with E-state index in [-0.39, 0.29) is 0 Å². The third-order valence-electron chi connectivity index (χ3n) is 2.04. The third kappa shape index (κ3) is 14.8. The fourth-order valence-electron chi connectivity index (χ4n) is 0.964. The molecule has 0 saturated carbocycles. The quantitative estimate of drug-likeness (QED) is 0.399. The number of rotatable bonds is 4. The van der Waals surface area contributed by atoms with Crippen molar-refractivity contribution < 1.29 is 23.2 Å². The molecule has 0 aliphatic carbocycles. The predicted molar refractivity (Wildman–Crippen MR) is 86.5 cm³/mol. The first kappa shape index (κ1) is 23.8. The summed E-state index contributed by atoms with van der Waals surface area (Å²) in [5.41, 5.74) is 0. The molecule has 0 saturated heterocycles. The van der Waals surface area contributed by atoms with E-state index in [4.69, 9.17) is 53.1 Å². The Kier molecular flexibility index (Phi) is 23.4. The zero-order chi connectivity index (χ0) is 15.1. The molecule has 0 unspecified atom stereocenters. The van der Waals surface area contributed by atoms with Crippen LogP contribution in [-0.2, 0) is 48.4 Å². The van der Waals surface area contributed by atoms with Crippen molar-refractivity contribution >= 4 is 58.3 Å². The van der Waals surface area contributed by atoms with E-state index in [1.54, 1.807) is 0 Å². The number of nitrogens with zero attached hydrogens (tertiary/aromatic N) is 2. The van der Waals surface area contributed by atoms with Gasteiger partial charge < -0.3 is 59.5 Å². The maximum atomic E-state index is 8.26. The minimum atomic E-state index is 0.579. The zero-order valence-electron chi connectivity index (χ0n) is 11.2.